The van der Waals surface area contributed by atoms with Crippen LogP contribution in [0.5, 0.6) is 0 Å². The van der Waals surface area contributed by atoms with Crippen molar-refractivity contribution in [2.45, 2.75) is 18.7 Å². The molecule has 1 aliphatic heterocycles. The minimum absolute atomic E-state index is 0.0702. The number of anilines is 2. The van der Waals surface area contributed by atoms with Gasteiger partial charge in [0.2, 0.25) is 17.7 Å². The van der Waals surface area contributed by atoms with Crippen molar-refractivity contribution in [2.24, 2.45) is 0 Å². The van der Waals surface area contributed by atoms with Gasteiger partial charge in [0.1, 0.15) is 5.82 Å². The van der Waals surface area contributed by atoms with Crippen molar-refractivity contribution in [3.8, 4) is 0 Å². The molecule has 0 spiro atoms. The summed E-state index contributed by atoms with van der Waals surface area (Å²) in [5.41, 5.74) is 1.84. The fourth-order valence-electron chi connectivity index (χ4n) is 2.66. The van der Waals surface area contributed by atoms with E-state index in [0.29, 0.717) is 11.4 Å². The van der Waals surface area contributed by atoms with Crippen molar-refractivity contribution >= 4 is 57.9 Å². The van der Waals surface area contributed by atoms with Crippen LogP contribution in [0.3, 0.4) is 0 Å². The molecule has 0 aromatic heterocycles. The number of carbonyl (C=O) groups excluding carboxylic acids is 4. The van der Waals surface area contributed by atoms with Gasteiger partial charge in [0, 0.05) is 11.4 Å². The average molecular weight is 462 g/mol. The average Bonchev–Trinajstić information content (AvgIpc) is 3.07. The number of hydrogen-bond donors (Lipinski definition) is 2. The Kier molecular flexibility index (Phi) is 7.69. The number of nitrogens with zero attached hydrogens (tertiary/aromatic N) is 1. The van der Waals surface area contributed by atoms with Crippen molar-refractivity contribution in [2.75, 3.05) is 22.1 Å². The van der Waals surface area contributed by atoms with Crippen molar-refractivity contribution in [3.63, 3.8) is 0 Å². The van der Waals surface area contributed by atoms with E-state index in [1.54, 1.807) is 31.2 Å². The van der Waals surface area contributed by atoms with E-state index in [-0.39, 0.29) is 46.8 Å². The molecule has 31 heavy (non-hydrogen) atoms. The first kappa shape index (κ1) is 22.8. The summed E-state index contributed by atoms with van der Waals surface area (Å²) in [6.45, 7) is 1.90. The molecule has 1 unspecified atom stereocenters. The van der Waals surface area contributed by atoms with Gasteiger partial charge in [0.05, 0.1) is 23.3 Å². The van der Waals surface area contributed by atoms with Crippen LogP contribution in [0, 0.1) is 5.82 Å². The van der Waals surface area contributed by atoms with E-state index in [9.17, 15) is 23.6 Å². The molecule has 162 valence electrons. The number of halogens is 1. The van der Waals surface area contributed by atoms with Gasteiger partial charge in [0.25, 0.3) is 5.24 Å². The van der Waals surface area contributed by atoms with Crippen LogP contribution in [-0.2, 0) is 20.9 Å². The number of rotatable bonds is 8. The number of benzene rings is 2. The third kappa shape index (κ3) is 6.56. The van der Waals surface area contributed by atoms with Crippen LogP contribution >= 0.6 is 23.5 Å². The predicted octanol–water partition coefficient (Wildman–Crippen LogP) is 3.72. The Hall–Kier alpha value is -2.85. The summed E-state index contributed by atoms with van der Waals surface area (Å²) in [6.07, 6.45) is 0. The highest BCUT2D eigenvalue weighted by atomic mass is 32.2. The lowest BCUT2D eigenvalue weighted by Crippen LogP contribution is -2.28. The number of nitrogens with one attached hydrogen (secondary N) is 2. The molecule has 1 aliphatic rings. The van der Waals surface area contributed by atoms with Gasteiger partial charge in [-0.25, -0.2) is 4.39 Å². The molecular weight excluding hydrogens is 441 g/mol. The predicted molar refractivity (Wildman–Crippen MR) is 120 cm³/mol. The number of hydrogen-bond acceptors (Lipinski definition) is 6. The van der Waals surface area contributed by atoms with Gasteiger partial charge in [0.15, 0.2) is 0 Å². The third-order valence-electron chi connectivity index (χ3n) is 4.36. The van der Waals surface area contributed by atoms with Gasteiger partial charge >= 0.3 is 0 Å². The fraction of sp³-hybridized carbons (Fsp3) is 0.238. The van der Waals surface area contributed by atoms with E-state index in [1.807, 2.05) is 0 Å². The Labute approximate surface area is 187 Å². The Morgan fingerprint density at radius 2 is 1.68 bits per heavy atom. The summed E-state index contributed by atoms with van der Waals surface area (Å²) in [5.74, 6) is -0.895. The zero-order chi connectivity index (χ0) is 22.4. The van der Waals surface area contributed by atoms with Crippen molar-refractivity contribution in [1.29, 1.82) is 0 Å². The van der Waals surface area contributed by atoms with Crippen LogP contribution in [0.2, 0.25) is 0 Å². The molecule has 1 fully saturated rings. The van der Waals surface area contributed by atoms with Crippen LogP contribution in [0.25, 0.3) is 0 Å². The van der Waals surface area contributed by atoms with E-state index in [4.69, 9.17) is 0 Å². The van der Waals surface area contributed by atoms with Crippen LogP contribution in [0.1, 0.15) is 12.5 Å². The Bertz CT molecular complexity index is 967. The van der Waals surface area contributed by atoms with E-state index < -0.39 is 5.25 Å². The van der Waals surface area contributed by atoms with Crippen molar-refractivity contribution in [3.05, 3.63) is 59.9 Å². The van der Waals surface area contributed by atoms with Gasteiger partial charge in [-0.3, -0.25) is 24.1 Å². The number of imide groups is 1. The highest BCUT2D eigenvalue weighted by Crippen LogP contribution is 2.22. The molecule has 0 saturated carbocycles. The number of thioether (sulfide) groups is 2. The highest BCUT2D eigenvalue weighted by molar-refractivity contribution is 8.14. The SMILES string of the molecule is CC(SCC(=O)Nc1ccc(F)cc1)C(=O)Nc1ccc(CN2C(=O)CSC2=O)cc1. The minimum atomic E-state index is -0.476. The molecule has 0 bridgehead atoms. The molecular formula is C21H20FN3O4S2. The smallest absolute Gasteiger partial charge is 0.289 e. The Balaban J connectivity index is 1.44. The first-order valence-electron chi connectivity index (χ1n) is 9.36. The summed E-state index contributed by atoms with van der Waals surface area (Å²) < 4.78 is 12.9. The largest absolute Gasteiger partial charge is 0.325 e. The van der Waals surface area contributed by atoms with Crippen LogP contribution in [-0.4, -0.2) is 44.6 Å². The van der Waals surface area contributed by atoms with E-state index >= 15 is 0 Å². The molecule has 0 radical (unpaired) electrons. The standard InChI is InChI=1S/C21H20FN3O4S2/c1-13(30-11-18(26)23-16-8-4-15(22)5-9-16)20(28)24-17-6-2-14(3-7-17)10-25-19(27)12-31-21(25)29/h2-9,13H,10-12H2,1H3,(H,23,26)(H,24,28). The van der Waals surface area contributed by atoms with Crippen LogP contribution in [0.15, 0.2) is 48.5 Å². The van der Waals surface area contributed by atoms with Gasteiger partial charge in [-0.1, -0.05) is 23.9 Å². The van der Waals surface area contributed by atoms with Gasteiger partial charge in [-0.2, -0.15) is 0 Å². The Morgan fingerprint density at radius 1 is 1.06 bits per heavy atom. The maximum absolute atomic E-state index is 12.9. The zero-order valence-corrected chi connectivity index (χ0v) is 18.2. The normalized spacial score (nSPS) is 14.5. The molecule has 10 heteroatoms. The second kappa shape index (κ2) is 10.5. The second-order valence-corrected chi connectivity index (χ2v) is 8.98. The van der Waals surface area contributed by atoms with E-state index in [0.717, 1.165) is 17.3 Å². The molecule has 0 aliphatic carbocycles. The molecule has 1 atom stereocenters. The molecule has 3 rings (SSSR count). The maximum atomic E-state index is 12.9. The maximum Gasteiger partial charge on any atom is 0.289 e. The molecule has 7 nitrogen and oxygen atoms in total. The fourth-order valence-corrected chi connectivity index (χ4v) is 4.07. The zero-order valence-electron chi connectivity index (χ0n) is 16.6. The van der Waals surface area contributed by atoms with E-state index in [2.05, 4.69) is 10.6 Å². The summed E-state index contributed by atoms with van der Waals surface area (Å²) in [6, 6.07) is 12.3. The third-order valence-corrected chi connectivity index (χ3v) is 6.37. The Morgan fingerprint density at radius 3 is 2.29 bits per heavy atom. The number of amides is 4. The summed E-state index contributed by atoms with van der Waals surface area (Å²) in [7, 11) is 0. The van der Waals surface area contributed by atoms with Crippen LogP contribution < -0.4 is 10.6 Å². The van der Waals surface area contributed by atoms with E-state index in [1.165, 1.54) is 40.9 Å². The lowest BCUT2D eigenvalue weighted by molar-refractivity contribution is -0.125. The highest BCUT2D eigenvalue weighted by Gasteiger charge is 2.29. The first-order chi connectivity index (χ1) is 14.8. The lowest BCUT2D eigenvalue weighted by atomic mass is 10.2. The van der Waals surface area contributed by atoms with Gasteiger partial charge in [-0.05, 0) is 48.9 Å². The molecule has 1 heterocycles. The second-order valence-electron chi connectivity index (χ2n) is 6.73. The number of carbonyl (C=O) groups is 4. The summed E-state index contributed by atoms with van der Waals surface area (Å²) >= 11 is 2.17. The molecule has 2 N–H and O–H groups in total. The first-order valence-corrected chi connectivity index (χ1v) is 11.4. The molecule has 2 aromatic carbocycles. The minimum Gasteiger partial charge on any atom is -0.325 e. The molecule has 1 saturated heterocycles. The van der Waals surface area contributed by atoms with Gasteiger partial charge in [-0.15, -0.1) is 11.8 Å². The van der Waals surface area contributed by atoms with Crippen LogP contribution in [0.4, 0.5) is 20.6 Å². The van der Waals surface area contributed by atoms with Gasteiger partial charge < -0.3 is 10.6 Å². The van der Waals surface area contributed by atoms with Crippen molar-refractivity contribution < 1.29 is 23.6 Å². The topological polar surface area (TPSA) is 95.6 Å². The van der Waals surface area contributed by atoms with Crippen molar-refractivity contribution in [1.82, 2.24) is 4.90 Å². The lowest BCUT2D eigenvalue weighted by Gasteiger charge is -2.14. The monoisotopic (exact) mass is 461 g/mol. The molecule has 4 amide bonds. The summed E-state index contributed by atoms with van der Waals surface area (Å²) in [5, 5.41) is 4.69. The molecule has 2 aromatic rings. The summed E-state index contributed by atoms with van der Waals surface area (Å²) in [4.78, 5) is 48.9. The quantitative estimate of drug-likeness (QED) is 0.622.